The summed E-state index contributed by atoms with van der Waals surface area (Å²) in [5.74, 6) is 1.19. The second-order valence-corrected chi connectivity index (χ2v) is 12.2. The average Bonchev–Trinajstić information content (AvgIpc) is 2.98. The number of benzene rings is 3. The van der Waals surface area contributed by atoms with E-state index in [4.69, 9.17) is 9.47 Å². The van der Waals surface area contributed by atoms with E-state index in [0.717, 1.165) is 62.9 Å². The molecular weight excluding hydrogens is 625 g/mol. The van der Waals surface area contributed by atoms with Crippen molar-refractivity contribution in [3.8, 4) is 11.5 Å². The van der Waals surface area contributed by atoms with E-state index >= 15 is 0 Å². The van der Waals surface area contributed by atoms with Gasteiger partial charge in [0.05, 0.1) is 10.7 Å². The Morgan fingerprint density at radius 3 is 2.07 bits per heavy atom. The lowest BCUT2D eigenvalue weighted by Crippen LogP contribution is -2.38. The molecule has 0 N–H and O–H groups in total. The Labute approximate surface area is 255 Å². The maximum absolute atomic E-state index is 13.7. The van der Waals surface area contributed by atoms with Crippen LogP contribution in [0, 0.1) is 10.5 Å². The van der Waals surface area contributed by atoms with Crippen LogP contribution in [-0.4, -0.2) is 23.6 Å². The van der Waals surface area contributed by atoms with Crippen molar-refractivity contribution in [1.82, 2.24) is 4.90 Å². The first-order valence-electron chi connectivity index (χ1n) is 14.3. The Morgan fingerprint density at radius 1 is 0.829 bits per heavy atom. The molecule has 3 aromatic rings. The molecule has 0 radical (unpaired) electrons. The van der Waals surface area contributed by atoms with Gasteiger partial charge in [-0.1, -0.05) is 60.2 Å². The quantitative estimate of drug-likeness (QED) is 0.243. The molecule has 6 heteroatoms. The topological polar surface area (TPSA) is 55.8 Å². The lowest BCUT2D eigenvalue weighted by molar-refractivity contribution is -0.117. The number of carbonyl (C=O) groups excluding carboxylic acids is 2. The third kappa shape index (κ3) is 5.46. The van der Waals surface area contributed by atoms with Crippen molar-refractivity contribution in [1.29, 1.82) is 0 Å². The number of allylic oxidation sites excluding steroid dienone is 4. The molecule has 5 nitrogen and oxygen atoms in total. The van der Waals surface area contributed by atoms with Gasteiger partial charge in [0.15, 0.2) is 23.1 Å². The molecular formula is C35H34INO4. The SMILES string of the molecule is COc1cc(C2C3=C(CCCC3=O)N(Cc3ccccc3)C3=C2C(=O)CCC3)cc(I)c1OCc1ccc(C)cc1. The van der Waals surface area contributed by atoms with E-state index in [9.17, 15) is 9.59 Å². The van der Waals surface area contributed by atoms with Crippen LogP contribution >= 0.6 is 22.6 Å². The van der Waals surface area contributed by atoms with Crippen LogP contribution in [0.15, 0.2) is 89.3 Å². The van der Waals surface area contributed by atoms with Gasteiger partial charge in [-0.25, -0.2) is 0 Å². The number of ketones is 2. The molecule has 0 amide bonds. The Hall–Kier alpha value is -3.39. The summed E-state index contributed by atoms with van der Waals surface area (Å²) >= 11 is 2.29. The summed E-state index contributed by atoms with van der Waals surface area (Å²) in [4.78, 5) is 29.7. The highest BCUT2D eigenvalue weighted by Crippen LogP contribution is 2.51. The summed E-state index contributed by atoms with van der Waals surface area (Å²) < 4.78 is 13.0. The molecule has 2 aliphatic carbocycles. The first-order chi connectivity index (χ1) is 19.9. The van der Waals surface area contributed by atoms with Gasteiger partial charge < -0.3 is 14.4 Å². The van der Waals surface area contributed by atoms with Crippen molar-refractivity contribution in [3.63, 3.8) is 0 Å². The molecule has 3 aromatic carbocycles. The highest BCUT2D eigenvalue weighted by Gasteiger charge is 2.43. The number of nitrogens with zero attached hydrogens (tertiary/aromatic N) is 1. The van der Waals surface area contributed by atoms with Crippen molar-refractivity contribution < 1.29 is 19.1 Å². The van der Waals surface area contributed by atoms with Crippen LogP contribution in [0.1, 0.15) is 66.7 Å². The predicted octanol–water partition coefficient (Wildman–Crippen LogP) is 7.80. The molecule has 1 aliphatic heterocycles. The fourth-order valence-electron chi connectivity index (χ4n) is 6.39. The number of aryl methyl sites for hydroxylation is 1. The minimum absolute atomic E-state index is 0.146. The molecule has 0 spiro atoms. The third-order valence-corrected chi connectivity index (χ3v) is 9.16. The second kappa shape index (κ2) is 11.8. The number of carbonyl (C=O) groups is 2. The molecule has 0 saturated heterocycles. The number of hydrogen-bond acceptors (Lipinski definition) is 5. The van der Waals surface area contributed by atoms with Gasteiger partial charge in [-0.05, 0) is 84.0 Å². The van der Waals surface area contributed by atoms with Crippen LogP contribution < -0.4 is 9.47 Å². The lowest BCUT2D eigenvalue weighted by Gasteiger charge is -2.44. The molecule has 41 heavy (non-hydrogen) atoms. The molecule has 1 heterocycles. The Kier molecular flexibility index (Phi) is 8.02. The Balaban J connectivity index is 1.44. The van der Waals surface area contributed by atoms with Gasteiger partial charge in [0.25, 0.3) is 0 Å². The summed E-state index contributed by atoms with van der Waals surface area (Å²) in [6.45, 7) is 3.15. The van der Waals surface area contributed by atoms with Gasteiger partial charge >= 0.3 is 0 Å². The van der Waals surface area contributed by atoms with Crippen LogP contribution in [-0.2, 0) is 22.7 Å². The van der Waals surface area contributed by atoms with Crippen LogP contribution in [0.4, 0.5) is 0 Å². The smallest absolute Gasteiger partial charge is 0.174 e. The highest BCUT2D eigenvalue weighted by molar-refractivity contribution is 14.1. The monoisotopic (exact) mass is 659 g/mol. The van der Waals surface area contributed by atoms with E-state index in [1.807, 2.05) is 24.3 Å². The largest absolute Gasteiger partial charge is 0.493 e. The van der Waals surface area contributed by atoms with E-state index < -0.39 is 0 Å². The summed E-state index contributed by atoms with van der Waals surface area (Å²) in [6, 6.07) is 22.7. The van der Waals surface area contributed by atoms with E-state index in [1.54, 1.807) is 7.11 Å². The minimum Gasteiger partial charge on any atom is -0.493 e. The molecule has 0 atom stereocenters. The summed E-state index contributed by atoms with van der Waals surface area (Å²) in [7, 11) is 1.64. The van der Waals surface area contributed by atoms with Crippen molar-refractivity contribution in [2.75, 3.05) is 7.11 Å². The van der Waals surface area contributed by atoms with Gasteiger partial charge in [-0.3, -0.25) is 9.59 Å². The van der Waals surface area contributed by atoms with Crippen LogP contribution in [0.5, 0.6) is 11.5 Å². The summed E-state index contributed by atoms with van der Waals surface area (Å²) in [5, 5.41) is 0. The number of rotatable bonds is 7. The molecule has 0 unspecified atom stereocenters. The molecule has 210 valence electrons. The molecule has 0 saturated carbocycles. The fraction of sp³-hybridized carbons (Fsp3) is 0.314. The molecule has 0 aromatic heterocycles. The van der Waals surface area contributed by atoms with E-state index in [0.29, 0.717) is 37.5 Å². The van der Waals surface area contributed by atoms with Gasteiger partial charge in [0.2, 0.25) is 0 Å². The number of halogens is 1. The van der Waals surface area contributed by atoms with E-state index in [-0.39, 0.29) is 17.5 Å². The summed E-state index contributed by atoms with van der Waals surface area (Å²) in [6.07, 6.45) is 4.36. The standard InChI is InChI=1S/C35H34INO4/c1-22-14-16-24(17-15-22)21-41-35-26(36)18-25(19-31(35)40-2)32-33-27(10-6-12-29(33)38)37(20-23-8-4-3-5-9-23)28-11-7-13-30(39)34(28)32/h3-5,8-9,14-19,32H,6-7,10-13,20-21H2,1-2H3. The lowest BCUT2D eigenvalue weighted by atomic mass is 9.71. The number of hydrogen-bond donors (Lipinski definition) is 0. The highest BCUT2D eigenvalue weighted by atomic mass is 127. The fourth-order valence-corrected chi connectivity index (χ4v) is 7.17. The maximum Gasteiger partial charge on any atom is 0.174 e. The molecule has 6 rings (SSSR count). The zero-order chi connectivity index (χ0) is 28.5. The van der Waals surface area contributed by atoms with Crippen LogP contribution in [0.25, 0.3) is 0 Å². The number of Topliss-reactive ketones (excluding diaryl/α,β-unsaturated/α-hetero) is 2. The van der Waals surface area contributed by atoms with Gasteiger partial charge in [-0.15, -0.1) is 0 Å². The first-order valence-corrected chi connectivity index (χ1v) is 15.4. The maximum atomic E-state index is 13.7. The van der Waals surface area contributed by atoms with E-state index in [1.165, 1.54) is 11.1 Å². The van der Waals surface area contributed by atoms with Crippen molar-refractivity contribution in [3.05, 3.63) is 115 Å². The average molecular weight is 660 g/mol. The molecule has 3 aliphatic rings. The predicted molar refractivity (Wildman–Crippen MR) is 168 cm³/mol. The Bertz CT molecular complexity index is 1510. The number of methoxy groups -OCH3 is 1. The second-order valence-electron chi connectivity index (χ2n) is 11.1. The van der Waals surface area contributed by atoms with Gasteiger partial charge in [0.1, 0.15) is 6.61 Å². The third-order valence-electron chi connectivity index (χ3n) is 8.36. The van der Waals surface area contributed by atoms with E-state index in [2.05, 4.69) is 76.9 Å². The van der Waals surface area contributed by atoms with Crippen molar-refractivity contribution in [2.45, 2.75) is 64.5 Å². The van der Waals surface area contributed by atoms with Crippen LogP contribution in [0.3, 0.4) is 0 Å². The summed E-state index contributed by atoms with van der Waals surface area (Å²) in [5.41, 5.74) is 8.10. The van der Waals surface area contributed by atoms with Gasteiger partial charge in [0, 0.05) is 47.8 Å². The first kappa shape index (κ1) is 27.8. The van der Waals surface area contributed by atoms with Crippen LogP contribution in [0.2, 0.25) is 0 Å². The zero-order valence-electron chi connectivity index (χ0n) is 23.5. The van der Waals surface area contributed by atoms with Crippen molar-refractivity contribution >= 4 is 34.2 Å². The van der Waals surface area contributed by atoms with Crippen molar-refractivity contribution in [2.24, 2.45) is 0 Å². The zero-order valence-corrected chi connectivity index (χ0v) is 25.7. The normalized spacial score (nSPS) is 17.5. The number of ether oxygens (including phenoxy) is 2. The van der Waals surface area contributed by atoms with Gasteiger partial charge in [-0.2, -0.15) is 0 Å². The molecule has 0 fully saturated rings. The molecule has 0 bridgehead atoms. The Morgan fingerprint density at radius 2 is 1.46 bits per heavy atom. The minimum atomic E-state index is -0.388.